The maximum Gasteiger partial charge on any atom is 0.175 e. The third-order valence-electron chi connectivity index (χ3n) is 0.689. The second kappa shape index (κ2) is 2.45. The van der Waals surface area contributed by atoms with Crippen LogP contribution in [0.25, 0.3) is 0 Å². The molecule has 0 atom stereocenters. The molecule has 4 nitrogen and oxygen atoms in total. The van der Waals surface area contributed by atoms with Crippen LogP contribution in [0.3, 0.4) is 0 Å². The number of aromatic nitrogens is 1. The molecule has 0 aromatic carbocycles. The van der Waals surface area contributed by atoms with Gasteiger partial charge in [-0.3, -0.25) is 0 Å². The lowest BCUT2D eigenvalue weighted by Gasteiger charge is -1.93. The van der Waals surface area contributed by atoms with E-state index >= 15 is 0 Å². The smallest absolute Gasteiger partial charge is 0.175 e. The first-order chi connectivity index (χ1) is 4.29. The molecule has 0 bridgehead atoms. The fourth-order valence-corrected chi connectivity index (χ4v) is 0.508. The molecule has 0 spiro atoms. The zero-order valence-corrected chi connectivity index (χ0v) is 5.31. The zero-order valence-electron chi connectivity index (χ0n) is 4.50. The number of rotatable bonds is 1. The number of hydrogen-bond donors (Lipinski definition) is 2. The summed E-state index contributed by atoms with van der Waals surface area (Å²) < 4.78 is 4.49. The average molecular weight is 143 g/mol. The summed E-state index contributed by atoms with van der Waals surface area (Å²) in [5.74, 6) is 0.530. The molecule has 1 heterocycles. The van der Waals surface area contributed by atoms with Crippen LogP contribution in [0.2, 0.25) is 0 Å². The van der Waals surface area contributed by atoms with Crippen molar-refractivity contribution in [2.24, 2.45) is 5.73 Å². The molecule has 0 aliphatic carbocycles. The quantitative estimate of drug-likeness (QED) is 0.555. The van der Waals surface area contributed by atoms with Crippen LogP contribution in [-0.2, 0) is 0 Å². The first-order valence-electron chi connectivity index (χ1n) is 2.26. The Morgan fingerprint density at radius 2 is 2.67 bits per heavy atom. The lowest BCUT2D eigenvalue weighted by molar-refractivity contribution is 0.423. The van der Waals surface area contributed by atoms with Crippen molar-refractivity contribution in [3.63, 3.8) is 0 Å². The van der Waals surface area contributed by atoms with Crippen molar-refractivity contribution in [1.82, 2.24) is 5.16 Å². The van der Waals surface area contributed by atoms with Gasteiger partial charge < -0.3 is 15.6 Å². The maximum atomic E-state index is 5.12. The van der Waals surface area contributed by atoms with Gasteiger partial charge in [0.15, 0.2) is 10.9 Å². The largest absolute Gasteiger partial charge is 0.376 e. The highest BCUT2D eigenvalue weighted by Crippen LogP contribution is 1.98. The van der Waals surface area contributed by atoms with Gasteiger partial charge in [-0.1, -0.05) is 5.16 Å². The highest BCUT2D eigenvalue weighted by atomic mass is 32.1. The molecule has 0 unspecified atom stereocenters. The second-order valence-electron chi connectivity index (χ2n) is 1.37. The molecule has 1 aromatic heterocycles. The van der Waals surface area contributed by atoms with Gasteiger partial charge in [0.05, 0.1) is 0 Å². The van der Waals surface area contributed by atoms with Crippen LogP contribution < -0.4 is 11.1 Å². The third-order valence-corrected chi connectivity index (χ3v) is 0.791. The van der Waals surface area contributed by atoms with Crippen molar-refractivity contribution in [2.75, 3.05) is 5.32 Å². The molecule has 0 fully saturated rings. The lowest BCUT2D eigenvalue weighted by atomic mass is 10.6. The van der Waals surface area contributed by atoms with Crippen LogP contribution in [0, 0.1) is 0 Å². The van der Waals surface area contributed by atoms with Crippen molar-refractivity contribution in [3.05, 3.63) is 12.3 Å². The molecule has 0 saturated heterocycles. The highest BCUT2D eigenvalue weighted by Gasteiger charge is 1.92. The van der Waals surface area contributed by atoms with Crippen LogP contribution >= 0.6 is 12.2 Å². The molecule has 0 aliphatic rings. The van der Waals surface area contributed by atoms with E-state index in [1.807, 2.05) is 0 Å². The standard InChI is InChI=1S/C4H5N3OS/c5-4(9)6-3-1-2-8-7-3/h1-2H,(H3,5,6,7,9). The summed E-state index contributed by atoms with van der Waals surface area (Å²) in [7, 11) is 0. The van der Waals surface area contributed by atoms with Gasteiger partial charge >= 0.3 is 0 Å². The van der Waals surface area contributed by atoms with Gasteiger partial charge in [0.1, 0.15) is 6.26 Å². The van der Waals surface area contributed by atoms with E-state index in [1.54, 1.807) is 6.07 Å². The van der Waals surface area contributed by atoms with Crippen molar-refractivity contribution in [2.45, 2.75) is 0 Å². The molecular formula is C4H5N3OS. The summed E-state index contributed by atoms with van der Waals surface area (Å²) in [5.41, 5.74) is 5.12. The Morgan fingerprint density at radius 1 is 1.89 bits per heavy atom. The van der Waals surface area contributed by atoms with Crippen LogP contribution in [0.15, 0.2) is 16.9 Å². The molecule has 5 heteroatoms. The predicted octanol–water partition coefficient (Wildman–Crippen LogP) is 0.330. The monoisotopic (exact) mass is 143 g/mol. The molecule has 48 valence electrons. The van der Waals surface area contributed by atoms with E-state index in [0.717, 1.165) is 0 Å². The van der Waals surface area contributed by atoms with E-state index in [9.17, 15) is 0 Å². The van der Waals surface area contributed by atoms with Gasteiger partial charge in [0.2, 0.25) is 0 Å². The minimum absolute atomic E-state index is 0.184. The summed E-state index contributed by atoms with van der Waals surface area (Å²) in [6, 6.07) is 1.62. The van der Waals surface area contributed by atoms with E-state index in [4.69, 9.17) is 5.73 Å². The minimum atomic E-state index is 0.184. The van der Waals surface area contributed by atoms with Crippen LogP contribution in [-0.4, -0.2) is 10.3 Å². The Hall–Kier alpha value is -1.10. The maximum absolute atomic E-state index is 5.12. The van der Waals surface area contributed by atoms with E-state index in [-0.39, 0.29) is 5.11 Å². The van der Waals surface area contributed by atoms with Crippen molar-refractivity contribution in [1.29, 1.82) is 0 Å². The van der Waals surface area contributed by atoms with Crippen LogP contribution in [0.1, 0.15) is 0 Å². The fraction of sp³-hybridized carbons (Fsp3) is 0. The third kappa shape index (κ3) is 1.69. The molecule has 3 N–H and O–H groups in total. The van der Waals surface area contributed by atoms with Gasteiger partial charge in [0.25, 0.3) is 0 Å². The number of hydrogen-bond acceptors (Lipinski definition) is 3. The van der Waals surface area contributed by atoms with Gasteiger partial charge in [0, 0.05) is 6.07 Å². The second-order valence-corrected chi connectivity index (χ2v) is 1.81. The molecule has 0 amide bonds. The summed E-state index contributed by atoms with van der Waals surface area (Å²) in [4.78, 5) is 0. The molecule has 1 rings (SSSR count). The molecule has 0 radical (unpaired) electrons. The normalized spacial score (nSPS) is 8.89. The first-order valence-corrected chi connectivity index (χ1v) is 2.66. The summed E-state index contributed by atoms with van der Waals surface area (Å²) >= 11 is 4.53. The van der Waals surface area contributed by atoms with Gasteiger partial charge in [-0.05, 0) is 12.2 Å². The zero-order chi connectivity index (χ0) is 6.69. The predicted molar refractivity (Wildman–Crippen MR) is 36.9 cm³/mol. The summed E-state index contributed by atoms with van der Waals surface area (Å²) in [6.45, 7) is 0. The Kier molecular flexibility index (Phi) is 1.64. The Bertz CT molecular complexity index is 196. The van der Waals surface area contributed by atoms with Crippen LogP contribution in [0.5, 0.6) is 0 Å². The highest BCUT2D eigenvalue weighted by molar-refractivity contribution is 7.80. The molecule has 9 heavy (non-hydrogen) atoms. The van der Waals surface area contributed by atoms with Crippen molar-refractivity contribution in [3.8, 4) is 0 Å². The number of anilines is 1. The van der Waals surface area contributed by atoms with E-state index in [2.05, 4.69) is 27.2 Å². The number of nitrogens with zero attached hydrogens (tertiary/aromatic N) is 1. The van der Waals surface area contributed by atoms with Crippen LogP contribution in [0.4, 0.5) is 5.82 Å². The van der Waals surface area contributed by atoms with Gasteiger partial charge in [-0.25, -0.2) is 0 Å². The van der Waals surface area contributed by atoms with Gasteiger partial charge in [-0.15, -0.1) is 0 Å². The van der Waals surface area contributed by atoms with E-state index in [1.165, 1.54) is 6.26 Å². The lowest BCUT2D eigenvalue weighted by Crippen LogP contribution is -2.18. The molecular weight excluding hydrogens is 138 g/mol. The number of thiocarbonyl (C=S) groups is 1. The van der Waals surface area contributed by atoms with E-state index in [0.29, 0.717) is 5.82 Å². The van der Waals surface area contributed by atoms with Crippen molar-refractivity contribution < 1.29 is 4.52 Å². The molecule has 1 aromatic rings. The topological polar surface area (TPSA) is 64.1 Å². The Morgan fingerprint density at radius 3 is 3.11 bits per heavy atom. The SMILES string of the molecule is NC(=S)Nc1ccon1. The molecule has 0 aliphatic heterocycles. The summed E-state index contributed by atoms with van der Waals surface area (Å²) in [6.07, 6.45) is 1.43. The average Bonchev–Trinajstić information content (AvgIpc) is 2.15. The fourth-order valence-electron chi connectivity index (χ4n) is 0.403. The Balaban J connectivity index is 2.58. The minimum Gasteiger partial charge on any atom is -0.376 e. The summed E-state index contributed by atoms with van der Waals surface area (Å²) in [5, 5.41) is 6.28. The number of nitrogens with two attached hydrogens (primary N) is 1. The Labute approximate surface area is 57.0 Å². The van der Waals surface area contributed by atoms with Gasteiger partial charge in [-0.2, -0.15) is 0 Å². The first kappa shape index (κ1) is 6.03. The van der Waals surface area contributed by atoms with E-state index < -0.39 is 0 Å². The molecule has 0 saturated carbocycles. The number of nitrogens with one attached hydrogen (secondary N) is 1. The van der Waals surface area contributed by atoms with Crippen molar-refractivity contribution >= 4 is 23.1 Å².